The molecule has 1 N–H and O–H groups in total. The number of carbonyl (C=O) groups is 1. The Morgan fingerprint density at radius 1 is 1.32 bits per heavy atom. The highest BCUT2D eigenvalue weighted by Gasteiger charge is 2.51. The number of hydrogen-bond donors (Lipinski definition) is 1. The molecule has 4 heterocycles. The van der Waals surface area contributed by atoms with Crippen molar-refractivity contribution in [3.63, 3.8) is 0 Å². The molecule has 0 aromatic carbocycles. The fourth-order valence-corrected chi connectivity index (χ4v) is 4.97. The molecule has 4 nitrogen and oxygen atoms in total. The van der Waals surface area contributed by atoms with Crippen LogP contribution in [0.25, 0.3) is 0 Å². The van der Waals surface area contributed by atoms with Gasteiger partial charge in [-0.1, -0.05) is 6.08 Å². The summed E-state index contributed by atoms with van der Waals surface area (Å²) in [6.07, 6.45) is 7.85. The molecule has 104 valence electrons. The van der Waals surface area contributed by atoms with Crippen molar-refractivity contribution in [3.05, 3.63) is 12.2 Å². The van der Waals surface area contributed by atoms with Gasteiger partial charge in [-0.05, 0) is 50.1 Å². The van der Waals surface area contributed by atoms with Gasteiger partial charge in [0, 0.05) is 25.2 Å². The second-order valence-corrected chi connectivity index (χ2v) is 6.64. The van der Waals surface area contributed by atoms with Crippen LogP contribution in [0.5, 0.6) is 0 Å². The molecule has 4 aliphatic heterocycles. The Hall–Kier alpha value is -0.870. The summed E-state index contributed by atoms with van der Waals surface area (Å²) in [6.45, 7) is 2.90. The average molecular weight is 262 g/mol. The lowest BCUT2D eigenvalue weighted by atomic mass is 9.68. The molecule has 1 amide bonds. The minimum atomic E-state index is -0.207. The first-order valence-electron chi connectivity index (χ1n) is 7.63. The van der Waals surface area contributed by atoms with Crippen LogP contribution in [0, 0.1) is 11.8 Å². The summed E-state index contributed by atoms with van der Waals surface area (Å²) < 4.78 is 0. The lowest BCUT2D eigenvalue weighted by Gasteiger charge is -2.58. The number of hydrogen-bond acceptors (Lipinski definition) is 3. The topological polar surface area (TPSA) is 43.8 Å². The van der Waals surface area contributed by atoms with E-state index in [1.54, 1.807) is 6.08 Å². The predicted octanol–water partition coefficient (Wildman–Crippen LogP) is 0.619. The molecule has 0 aromatic rings. The maximum absolute atomic E-state index is 12.1. The van der Waals surface area contributed by atoms with E-state index in [1.165, 1.54) is 12.8 Å². The number of aliphatic hydroxyl groups is 1. The molecule has 0 radical (unpaired) electrons. The van der Waals surface area contributed by atoms with Gasteiger partial charge in [-0.2, -0.15) is 0 Å². The molecule has 0 aromatic heterocycles. The van der Waals surface area contributed by atoms with Crippen LogP contribution < -0.4 is 0 Å². The Balaban J connectivity index is 1.69. The maximum Gasteiger partial charge on any atom is 0.246 e. The molecule has 0 saturated carbocycles. The highest BCUT2D eigenvalue weighted by atomic mass is 16.3. The normalized spacial score (nSPS) is 45.8. The number of fused-ring (bicyclic) bond motifs is 2. The Bertz CT molecular complexity index is 422. The maximum atomic E-state index is 12.1. The molecular weight excluding hydrogens is 240 g/mol. The van der Waals surface area contributed by atoms with E-state index in [9.17, 15) is 9.90 Å². The Morgan fingerprint density at radius 3 is 3.11 bits per heavy atom. The van der Waals surface area contributed by atoms with Crippen molar-refractivity contribution in [2.24, 2.45) is 11.8 Å². The van der Waals surface area contributed by atoms with Gasteiger partial charge >= 0.3 is 0 Å². The number of piperidine rings is 3. The van der Waals surface area contributed by atoms with Crippen LogP contribution >= 0.6 is 0 Å². The Labute approximate surface area is 114 Å². The predicted molar refractivity (Wildman–Crippen MR) is 71.5 cm³/mol. The minimum absolute atomic E-state index is 0.187. The first-order chi connectivity index (χ1) is 9.24. The lowest BCUT2D eigenvalue weighted by Crippen LogP contribution is -2.67. The first-order valence-corrected chi connectivity index (χ1v) is 7.63. The fraction of sp³-hybridized carbons (Fsp3) is 0.800. The number of amides is 1. The van der Waals surface area contributed by atoms with Crippen LogP contribution in [0.2, 0.25) is 0 Å². The smallest absolute Gasteiger partial charge is 0.246 e. The van der Waals surface area contributed by atoms with E-state index in [2.05, 4.69) is 9.80 Å². The number of aliphatic hydroxyl groups excluding tert-OH is 1. The van der Waals surface area contributed by atoms with Crippen molar-refractivity contribution in [2.75, 3.05) is 19.6 Å². The van der Waals surface area contributed by atoms with Gasteiger partial charge in [-0.3, -0.25) is 9.69 Å². The van der Waals surface area contributed by atoms with Crippen LogP contribution in [-0.2, 0) is 4.79 Å². The van der Waals surface area contributed by atoms with E-state index in [-0.39, 0.29) is 12.0 Å². The Kier molecular flexibility index (Phi) is 2.71. The average Bonchev–Trinajstić information content (AvgIpc) is 2.40. The van der Waals surface area contributed by atoms with Crippen molar-refractivity contribution < 1.29 is 9.90 Å². The number of nitrogens with zero attached hydrogens (tertiary/aromatic N) is 2. The second-order valence-electron chi connectivity index (χ2n) is 6.64. The van der Waals surface area contributed by atoms with Crippen molar-refractivity contribution >= 4 is 5.91 Å². The van der Waals surface area contributed by atoms with Gasteiger partial charge in [0.25, 0.3) is 0 Å². The molecule has 19 heavy (non-hydrogen) atoms. The van der Waals surface area contributed by atoms with Gasteiger partial charge in [0.05, 0.1) is 6.10 Å². The van der Waals surface area contributed by atoms with Crippen LogP contribution in [0.15, 0.2) is 12.2 Å². The zero-order valence-electron chi connectivity index (χ0n) is 11.2. The van der Waals surface area contributed by atoms with E-state index in [0.29, 0.717) is 23.9 Å². The minimum Gasteiger partial charge on any atom is -0.392 e. The summed E-state index contributed by atoms with van der Waals surface area (Å²) in [6, 6.07) is 0.937. The molecule has 0 spiro atoms. The molecule has 3 saturated heterocycles. The molecule has 0 bridgehead atoms. The summed E-state index contributed by atoms with van der Waals surface area (Å²) in [4.78, 5) is 16.7. The first kappa shape index (κ1) is 11.9. The molecule has 4 aliphatic rings. The SMILES string of the molecule is O=C1C=CCC2C3CC(O)CN4CCCC(CN12)C34. The van der Waals surface area contributed by atoms with Crippen molar-refractivity contribution in [3.8, 4) is 0 Å². The third-order valence-electron chi connectivity index (χ3n) is 5.60. The summed E-state index contributed by atoms with van der Waals surface area (Å²) in [5, 5.41) is 10.2. The van der Waals surface area contributed by atoms with Gasteiger partial charge in [0.2, 0.25) is 5.91 Å². The number of rotatable bonds is 0. The van der Waals surface area contributed by atoms with E-state index >= 15 is 0 Å². The van der Waals surface area contributed by atoms with Crippen molar-refractivity contribution in [2.45, 2.75) is 43.9 Å². The molecule has 3 fully saturated rings. The fourth-order valence-electron chi connectivity index (χ4n) is 4.97. The monoisotopic (exact) mass is 262 g/mol. The van der Waals surface area contributed by atoms with Crippen molar-refractivity contribution in [1.29, 1.82) is 0 Å². The van der Waals surface area contributed by atoms with Crippen LogP contribution in [0.4, 0.5) is 0 Å². The van der Waals surface area contributed by atoms with Gasteiger partial charge < -0.3 is 10.0 Å². The highest BCUT2D eigenvalue weighted by Crippen LogP contribution is 2.43. The third-order valence-corrected chi connectivity index (χ3v) is 5.60. The molecule has 4 heteroatoms. The summed E-state index contributed by atoms with van der Waals surface area (Å²) >= 11 is 0. The Morgan fingerprint density at radius 2 is 2.21 bits per heavy atom. The van der Waals surface area contributed by atoms with E-state index in [4.69, 9.17) is 0 Å². The molecule has 5 unspecified atom stereocenters. The lowest BCUT2D eigenvalue weighted by molar-refractivity contribution is -0.147. The second kappa shape index (κ2) is 4.32. The molecule has 0 aliphatic carbocycles. The largest absolute Gasteiger partial charge is 0.392 e. The molecular formula is C15H22N2O2. The van der Waals surface area contributed by atoms with Crippen LogP contribution in [0.3, 0.4) is 0 Å². The van der Waals surface area contributed by atoms with Gasteiger partial charge in [0.15, 0.2) is 0 Å². The van der Waals surface area contributed by atoms with Crippen LogP contribution in [0.1, 0.15) is 25.7 Å². The van der Waals surface area contributed by atoms with Gasteiger partial charge in [-0.15, -0.1) is 0 Å². The summed E-state index contributed by atoms with van der Waals surface area (Å²) in [5.74, 6) is 1.28. The zero-order valence-corrected chi connectivity index (χ0v) is 11.2. The van der Waals surface area contributed by atoms with E-state index < -0.39 is 0 Å². The summed E-state index contributed by atoms with van der Waals surface area (Å²) in [7, 11) is 0. The van der Waals surface area contributed by atoms with Crippen LogP contribution in [-0.4, -0.2) is 58.6 Å². The molecule has 5 atom stereocenters. The summed E-state index contributed by atoms with van der Waals surface area (Å²) in [5.41, 5.74) is 0. The van der Waals surface area contributed by atoms with Gasteiger partial charge in [-0.25, -0.2) is 0 Å². The molecule has 4 rings (SSSR count). The van der Waals surface area contributed by atoms with Gasteiger partial charge in [0.1, 0.15) is 0 Å². The zero-order chi connectivity index (χ0) is 13.0. The standard InChI is InChI=1S/C15H22N2O2/c18-11-7-12-13-4-1-5-14(19)17(13)8-10-3-2-6-16(9-11)15(10)12/h1,5,10-13,15,18H,2-4,6-9H2. The highest BCUT2D eigenvalue weighted by molar-refractivity contribution is 5.88. The van der Waals surface area contributed by atoms with E-state index in [1.807, 2.05) is 6.08 Å². The van der Waals surface area contributed by atoms with Crippen molar-refractivity contribution in [1.82, 2.24) is 9.80 Å². The third kappa shape index (κ3) is 1.77. The van der Waals surface area contributed by atoms with E-state index in [0.717, 1.165) is 32.5 Å². The quantitative estimate of drug-likeness (QED) is 0.696. The number of carbonyl (C=O) groups excluding carboxylic acids is 1.